The van der Waals surface area contributed by atoms with E-state index in [2.05, 4.69) is 10.1 Å². The Bertz CT molecular complexity index is 896. The number of aliphatic imine (C=N–C) groups is 1. The van der Waals surface area contributed by atoms with E-state index >= 15 is 0 Å². The van der Waals surface area contributed by atoms with Crippen LogP contribution in [-0.2, 0) is 6.18 Å². The second kappa shape index (κ2) is 5.88. The van der Waals surface area contributed by atoms with Crippen LogP contribution in [0.15, 0.2) is 70.8 Å². The predicted molar refractivity (Wildman–Crippen MR) is 91.4 cm³/mol. The molecule has 0 saturated heterocycles. The van der Waals surface area contributed by atoms with Crippen molar-refractivity contribution in [2.24, 2.45) is 10.1 Å². The number of allylic oxidation sites excluding steroid dienone is 1. The van der Waals surface area contributed by atoms with Gasteiger partial charge in [0.2, 0.25) is 0 Å². The molecular formula is C19H14F3N3. The van der Waals surface area contributed by atoms with Gasteiger partial charge in [-0.05, 0) is 23.8 Å². The summed E-state index contributed by atoms with van der Waals surface area (Å²) < 4.78 is 39.0. The maximum absolute atomic E-state index is 13.0. The number of alkyl halides is 3. The molecule has 4 rings (SSSR count). The minimum Gasteiger partial charge on any atom is -0.265 e. The lowest BCUT2D eigenvalue weighted by molar-refractivity contribution is -0.137. The molecular weight excluding hydrogens is 327 g/mol. The summed E-state index contributed by atoms with van der Waals surface area (Å²) in [6, 6.07) is 14.9. The fourth-order valence-corrected chi connectivity index (χ4v) is 2.95. The lowest BCUT2D eigenvalue weighted by Gasteiger charge is -2.23. The van der Waals surface area contributed by atoms with Crippen LogP contribution >= 0.6 is 0 Å². The third-order valence-electron chi connectivity index (χ3n) is 4.14. The Hall–Kier alpha value is -2.89. The Morgan fingerprint density at radius 3 is 2.44 bits per heavy atom. The fraction of sp³-hybridized carbons (Fsp3) is 0.158. The number of rotatable bonds is 2. The summed E-state index contributed by atoms with van der Waals surface area (Å²) in [5.41, 5.74) is 2.11. The van der Waals surface area contributed by atoms with Crippen LogP contribution in [0, 0.1) is 0 Å². The molecule has 0 fully saturated rings. The molecule has 0 N–H and O–H groups in total. The SMILES string of the molecule is FC(F)(F)c1cccc(C2=NN3CCN=C3C(c3ccccc3)=C2)c1. The molecule has 126 valence electrons. The zero-order valence-electron chi connectivity index (χ0n) is 13.2. The van der Waals surface area contributed by atoms with E-state index in [1.54, 1.807) is 11.1 Å². The quantitative estimate of drug-likeness (QED) is 0.804. The molecule has 0 bridgehead atoms. The highest BCUT2D eigenvalue weighted by atomic mass is 19.4. The Labute approximate surface area is 142 Å². The number of hydrogen-bond acceptors (Lipinski definition) is 3. The lowest BCUT2D eigenvalue weighted by Crippen LogP contribution is -2.28. The number of nitrogens with zero attached hydrogens (tertiary/aromatic N) is 3. The third-order valence-corrected chi connectivity index (χ3v) is 4.14. The topological polar surface area (TPSA) is 28.0 Å². The molecule has 3 nitrogen and oxygen atoms in total. The van der Waals surface area contributed by atoms with Crippen LogP contribution in [0.2, 0.25) is 0 Å². The number of hydrazone groups is 1. The van der Waals surface area contributed by atoms with Crippen molar-refractivity contribution in [1.29, 1.82) is 0 Å². The summed E-state index contributed by atoms with van der Waals surface area (Å²) in [7, 11) is 0. The maximum atomic E-state index is 13.0. The summed E-state index contributed by atoms with van der Waals surface area (Å²) in [5.74, 6) is 0.766. The molecule has 0 aromatic heterocycles. The van der Waals surface area contributed by atoms with Gasteiger partial charge in [0.1, 0.15) is 0 Å². The molecule has 0 aliphatic carbocycles. The first-order valence-corrected chi connectivity index (χ1v) is 7.88. The minimum absolute atomic E-state index is 0.439. The van der Waals surface area contributed by atoms with Crippen molar-refractivity contribution >= 4 is 17.1 Å². The molecule has 0 spiro atoms. The highest BCUT2D eigenvalue weighted by Gasteiger charge is 2.31. The number of hydrogen-bond donors (Lipinski definition) is 0. The van der Waals surface area contributed by atoms with E-state index in [0.717, 1.165) is 29.1 Å². The summed E-state index contributed by atoms with van der Waals surface area (Å²) in [6.07, 6.45) is -2.57. The fourth-order valence-electron chi connectivity index (χ4n) is 2.95. The standard InChI is InChI=1S/C19H14F3N3/c20-19(21,22)15-8-4-7-14(11-15)17-12-16(13-5-2-1-3-6-13)18-23-9-10-25(18)24-17/h1-8,11-12H,9-10H2. The van der Waals surface area contributed by atoms with Crippen LogP contribution in [0.5, 0.6) is 0 Å². The van der Waals surface area contributed by atoms with Gasteiger partial charge in [-0.3, -0.25) is 4.99 Å². The van der Waals surface area contributed by atoms with Gasteiger partial charge < -0.3 is 0 Å². The number of halogens is 3. The monoisotopic (exact) mass is 341 g/mol. The maximum Gasteiger partial charge on any atom is 0.416 e. The average Bonchev–Trinajstić information content (AvgIpc) is 3.09. The highest BCUT2D eigenvalue weighted by Crippen LogP contribution is 2.31. The lowest BCUT2D eigenvalue weighted by atomic mass is 9.98. The van der Waals surface area contributed by atoms with E-state index in [-0.39, 0.29) is 0 Å². The molecule has 0 radical (unpaired) electrons. The van der Waals surface area contributed by atoms with Crippen molar-refractivity contribution in [2.45, 2.75) is 6.18 Å². The molecule has 2 aliphatic heterocycles. The average molecular weight is 341 g/mol. The molecule has 2 aromatic carbocycles. The first kappa shape index (κ1) is 15.6. The number of fused-ring (bicyclic) bond motifs is 1. The van der Waals surface area contributed by atoms with Crippen molar-refractivity contribution < 1.29 is 13.2 Å². The molecule has 2 aromatic rings. The van der Waals surface area contributed by atoms with Crippen LogP contribution in [0.3, 0.4) is 0 Å². The molecule has 25 heavy (non-hydrogen) atoms. The van der Waals surface area contributed by atoms with Gasteiger partial charge in [-0.2, -0.15) is 18.3 Å². The van der Waals surface area contributed by atoms with E-state index in [4.69, 9.17) is 0 Å². The van der Waals surface area contributed by atoms with Crippen LogP contribution in [0.1, 0.15) is 16.7 Å². The summed E-state index contributed by atoms with van der Waals surface area (Å²) in [4.78, 5) is 4.49. The molecule has 2 heterocycles. The minimum atomic E-state index is -4.38. The normalized spacial score (nSPS) is 16.9. The van der Waals surface area contributed by atoms with Crippen molar-refractivity contribution in [1.82, 2.24) is 5.01 Å². The van der Waals surface area contributed by atoms with Crippen molar-refractivity contribution in [3.8, 4) is 0 Å². The third kappa shape index (κ3) is 2.95. The summed E-state index contributed by atoms with van der Waals surface area (Å²) in [6.45, 7) is 1.25. The zero-order valence-corrected chi connectivity index (χ0v) is 13.2. The van der Waals surface area contributed by atoms with Crippen molar-refractivity contribution in [2.75, 3.05) is 13.1 Å². The molecule has 0 atom stereocenters. The Balaban J connectivity index is 1.80. The summed E-state index contributed by atoms with van der Waals surface area (Å²) in [5, 5.41) is 6.25. The van der Waals surface area contributed by atoms with Gasteiger partial charge in [-0.25, -0.2) is 5.01 Å². The molecule has 6 heteroatoms. The highest BCUT2D eigenvalue weighted by molar-refractivity contribution is 6.31. The van der Waals surface area contributed by atoms with Gasteiger partial charge in [-0.1, -0.05) is 42.5 Å². The predicted octanol–water partition coefficient (Wildman–Crippen LogP) is 4.22. The molecule has 0 amide bonds. The second-order valence-corrected chi connectivity index (χ2v) is 5.82. The molecule has 0 unspecified atom stereocenters. The van der Waals surface area contributed by atoms with Crippen LogP contribution in [0.4, 0.5) is 13.2 Å². The second-order valence-electron chi connectivity index (χ2n) is 5.82. The van der Waals surface area contributed by atoms with E-state index in [9.17, 15) is 13.2 Å². The van der Waals surface area contributed by atoms with Gasteiger partial charge in [-0.15, -0.1) is 0 Å². The van der Waals surface area contributed by atoms with Crippen LogP contribution < -0.4 is 0 Å². The summed E-state index contributed by atoms with van der Waals surface area (Å²) >= 11 is 0. The number of amidine groups is 1. The Morgan fingerprint density at radius 2 is 1.68 bits per heavy atom. The molecule has 2 aliphatic rings. The van der Waals surface area contributed by atoms with E-state index in [1.807, 2.05) is 36.4 Å². The molecule has 0 saturated carbocycles. The first-order chi connectivity index (χ1) is 12.0. The number of benzene rings is 2. The van der Waals surface area contributed by atoms with Gasteiger partial charge in [0.25, 0.3) is 0 Å². The Morgan fingerprint density at radius 1 is 0.920 bits per heavy atom. The smallest absolute Gasteiger partial charge is 0.265 e. The van der Waals surface area contributed by atoms with Gasteiger partial charge in [0.05, 0.1) is 24.4 Å². The van der Waals surface area contributed by atoms with Crippen LogP contribution in [0.25, 0.3) is 5.57 Å². The van der Waals surface area contributed by atoms with Gasteiger partial charge >= 0.3 is 6.18 Å². The van der Waals surface area contributed by atoms with Gasteiger partial charge in [0, 0.05) is 11.1 Å². The largest absolute Gasteiger partial charge is 0.416 e. The zero-order chi connectivity index (χ0) is 17.4. The van der Waals surface area contributed by atoms with Crippen molar-refractivity contribution in [3.63, 3.8) is 0 Å². The van der Waals surface area contributed by atoms with E-state index < -0.39 is 11.7 Å². The Kier molecular flexibility index (Phi) is 3.67. The van der Waals surface area contributed by atoms with Crippen molar-refractivity contribution in [3.05, 3.63) is 77.4 Å². The van der Waals surface area contributed by atoms with Crippen LogP contribution in [-0.4, -0.2) is 29.6 Å². The van der Waals surface area contributed by atoms with E-state index in [1.165, 1.54) is 6.07 Å². The van der Waals surface area contributed by atoms with Gasteiger partial charge in [0.15, 0.2) is 5.84 Å². The first-order valence-electron chi connectivity index (χ1n) is 7.88. The van der Waals surface area contributed by atoms with E-state index in [0.29, 0.717) is 24.4 Å².